The number of amides is 2. The number of hydrogen-bond acceptors (Lipinski definition) is 5. The SMILES string of the molecule is COCC1(C(=O)N2CC(c3cc(C(F)(F)F)ccn3)C2)CCN(C(=O)OC(C)(C)C)C1. The van der Waals surface area contributed by atoms with E-state index >= 15 is 0 Å². The largest absolute Gasteiger partial charge is 0.444 e. The molecule has 0 aliphatic carbocycles. The van der Waals surface area contributed by atoms with Gasteiger partial charge in [0.25, 0.3) is 0 Å². The minimum atomic E-state index is -4.44. The topological polar surface area (TPSA) is 72.0 Å². The van der Waals surface area contributed by atoms with E-state index in [0.717, 1.165) is 18.3 Å². The minimum Gasteiger partial charge on any atom is -0.444 e. The van der Waals surface area contributed by atoms with Crippen molar-refractivity contribution in [3.8, 4) is 0 Å². The fraction of sp³-hybridized carbons (Fsp3) is 0.667. The molecular weight excluding hydrogens is 415 g/mol. The van der Waals surface area contributed by atoms with Gasteiger partial charge in [0.15, 0.2) is 0 Å². The molecule has 3 rings (SSSR count). The fourth-order valence-corrected chi connectivity index (χ4v) is 4.00. The van der Waals surface area contributed by atoms with Crippen LogP contribution in [-0.4, -0.2) is 72.3 Å². The maximum absolute atomic E-state index is 13.3. The Hall–Kier alpha value is -2.36. The predicted octanol–water partition coefficient (Wildman–Crippen LogP) is 3.30. The van der Waals surface area contributed by atoms with Crippen molar-refractivity contribution in [3.63, 3.8) is 0 Å². The Morgan fingerprint density at radius 3 is 2.48 bits per heavy atom. The molecule has 0 spiro atoms. The van der Waals surface area contributed by atoms with Gasteiger partial charge in [-0.15, -0.1) is 0 Å². The van der Waals surface area contributed by atoms with Gasteiger partial charge in [-0.2, -0.15) is 13.2 Å². The molecular formula is C21H28F3N3O4. The summed E-state index contributed by atoms with van der Waals surface area (Å²) in [5.74, 6) is -0.419. The number of carbonyl (C=O) groups is 2. The highest BCUT2D eigenvalue weighted by Gasteiger charge is 2.51. The first-order valence-corrected chi connectivity index (χ1v) is 10.1. The van der Waals surface area contributed by atoms with Gasteiger partial charge in [0, 0.05) is 51.1 Å². The lowest BCUT2D eigenvalue weighted by Gasteiger charge is -2.43. The van der Waals surface area contributed by atoms with E-state index in [1.807, 2.05) is 0 Å². The lowest BCUT2D eigenvalue weighted by Crippen LogP contribution is -2.56. The molecule has 2 aliphatic heterocycles. The number of rotatable bonds is 4. The van der Waals surface area contributed by atoms with Gasteiger partial charge in [0.1, 0.15) is 5.60 Å². The predicted molar refractivity (Wildman–Crippen MR) is 105 cm³/mol. The van der Waals surface area contributed by atoms with Crippen LogP contribution in [0.2, 0.25) is 0 Å². The van der Waals surface area contributed by atoms with E-state index in [4.69, 9.17) is 9.47 Å². The zero-order valence-corrected chi connectivity index (χ0v) is 18.2. The van der Waals surface area contributed by atoms with E-state index in [-0.39, 0.29) is 38.1 Å². The van der Waals surface area contributed by atoms with E-state index in [2.05, 4.69) is 4.98 Å². The molecule has 0 aromatic carbocycles. The van der Waals surface area contributed by atoms with Crippen LogP contribution in [0.4, 0.5) is 18.0 Å². The molecule has 0 N–H and O–H groups in total. The Bertz CT molecular complexity index is 834. The highest BCUT2D eigenvalue weighted by Crippen LogP contribution is 2.38. The third-order valence-electron chi connectivity index (χ3n) is 5.58. The quantitative estimate of drug-likeness (QED) is 0.714. The second-order valence-electron chi connectivity index (χ2n) is 9.24. The molecule has 2 saturated heterocycles. The van der Waals surface area contributed by atoms with Crippen molar-refractivity contribution in [3.05, 3.63) is 29.6 Å². The zero-order valence-electron chi connectivity index (χ0n) is 18.2. The van der Waals surface area contributed by atoms with Crippen LogP contribution < -0.4 is 0 Å². The van der Waals surface area contributed by atoms with Gasteiger partial charge in [0.2, 0.25) is 5.91 Å². The van der Waals surface area contributed by atoms with Crippen LogP contribution in [0, 0.1) is 5.41 Å². The standard InChI is InChI=1S/C21H28F3N3O4/c1-19(2,3)31-18(29)26-8-6-20(12-26,13-30-4)17(28)27-10-14(11-27)16-9-15(5-7-25-16)21(22,23)24/h5,7,9,14H,6,8,10-13H2,1-4H3. The highest BCUT2D eigenvalue weighted by atomic mass is 19.4. The number of ether oxygens (including phenoxy) is 2. The Morgan fingerprint density at radius 2 is 1.90 bits per heavy atom. The third-order valence-corrected chi connectivity index (χ3v) is 5.58. The fourth-order valence-electron chi connectivity index (χ4n) is 4.00. The van der Waals surface area contributed by atoms with Crippen molar-refractivity contribution in [1.29, 1.82) is 0 Å². The first-order chi connectivity index (χ1) is 14.3. The summed E-state index contributed by atoms with van der Waals surface area (Å²) in [7, 11) is 1.50. The number of nitrogens with zero attached hydrogens (tertiary/aromatic N) is 3. The molecule has 1 unspecified atom stereocenters. The molecule has 2 amide bonds. The molecule has 0 radical (unpaired) electrons. The summed E-state index contributed by atoms with van der Waals surface area (Å²) in [4.78, 5) is 32.8. The van der Waals surface area contributed by atoms with Crippen LogP contribution in [-0.2, 0) is 20.4 Å². The summed E-state index contributed by atoms with van der Waals surface area (Å²) in [5, 5.41) is 0. The van der Waals surface area contributed by atoms with Gasteiger partial charge >= 0.3 is 12.3 Å². The maximum atomic E-state index is 13.3. The smallest absolute Gasteiger partial charge is 0.416 e. The van der Waals surface area contributed by atoms with Gasteiger partial charge in [-0.1, -0.05) is 0 Å². The van der Waals surface area contributed by atoms with Crippen LogP contribution in [0.5, 0.6) is 0 Å². The van der Waals surface area contributed by atoms with E-state index in [9.17, 15) is 22.8 Å². The van der Waals surface area contributed by atoms with E-state index in [1.54, 1.807) is 25.7 Å². The van der Waals surface area contributed by atoms with Crippen LogP contribution in [0.1, 0.15) is 44.4 Å². The summed E-state index contributed by atoms with van der Waals surface area (Å²) in [6.45, 7) is 6.59. The molecule has 3 heterocycles. The second-order valence-corrected chi connectivity index (χ2v) is 9.24. The molecule has 0 saturated carbocycles. The zero-order chi connectivity index (χ0) is 23.0. The first-order valence-electron chi connectivity index (χ1n) is 10.1. The molecule has 0 bridgehead atoms. The number of pyridine rings is 1. The van der Waals surface area contributed by atoms with Crippen LogP contribution in [0.25, 0.3) is 0 Å². The van der Waals surface area contributed by atoms with E-state index in [0.29, 0.717) is 18.7 Å². The van der Waals surface area contributed by atoms with Crippen molar-refractivity contribution in [2.45, 2.75) is 44.9 Å². The van der Waals surface area contributed by atoms with Crippen LogP contribution in [0.15, 0.2) is 18.3 Å². The van der Waals surface area contributed by atoms with Crippen molar-refractivity contribution in [2.24, 2.45) is 5.41 Å². The molecule has 1 atom stereocenters. The lowest BCUT2D eigenvalue weighted by molar-refractivity contribution is -0.149. The molecule has 7 nitrogen and oxygen atoms in total. The molecule has 2 fully saturated rings. The van der Waals surface area contributed by atoms with Crippen molar-refractivity contribution >= 4 is 12.0 Å². The summed E-state index contributed by atoms with van der Waals surface area (Å²) < 4.78 is 49.6. The van der Waals surface area contributed by atoms with Crippen LogP contribution >= 0.6 is 0 Å². The Labute approximate surface area is 179 Å². The third kappa shape index (κ3) is 5.11. The van der Waals surface area contributed by atoms with E-state index in [1.165, 1.54) is 12.0 Å². The molecule has 31 heavy (non-hydrogen) atoms. The molecule has 1 aromatic rings. The normalized spacial score (nSPS) is 22.4. The average Bonchev–Trinajstić information content (AvgIpc) is 3.04. The summed E-state index contributed by atoms with van der Waals surface area (Å²) in [6, 6.07) is 1.97. The minimum absolute atomic E-state index is 0.147. The summed E-state index contributed by atoms with van der Waals surface area (Å²) in [5.41, 5.74) is -1.96. The monoisotopic (exact) mass is 443 g/mol. The first kappa shape index (κ1) is 23.3. The number of hydrogen-bond donors (Lipinski definition) is 0. The number of methoxy groups -OCH3 is 1. The lowest BCUT2D eigenvalue weighted by atomic mass is 9.83. The second kappa shape index (κ2) is 8.29. The maximum Gasteiger partial charge on any atom is 0.416 e. The number of likely N-dealkylation sites (tertiary alicyclic amines) is 2. The average molecular weight is 443 g/mol. The van der Waals surface area contributed by atoms with Crippen LogP contribution in [0.3, 0.4) is 0 Å². The summed E-state index contributed by atoms with van der Waals surface area (Å²) >= 11 is 0. The number of aromatic nitrogens is 1. The summed E-state index contributed by atoms with van der Waals surface area (Å²) in [6.07, 6.45) is -3.34. The van der Waals surface area contributed by atoms with Crippen molar-refractivity contribution in [1.82, 2.24) is 14.8 Å². The van der Waals surface area contributed by atoms with Gasteiger partial charge in [-0.05, 0) is 39.3 Å². The van der Waals surface area contributed by atoms with E-state index < -0.39 is 28.8 Å². The highest BCUT2D eigenvalue weighted by molar-refractivity contribution is 5.85. The van der Waals surface area contributed by atoms with Crippen molar-refractivity contribution in [2.75, 3.05) is 39.9 Å². The van der Waals surface area contributed by atoms with Gasteiger partial charge in [-0.25, -0.2) is 4.79 Å². The van der Waals surface area contributed by atoms with Crippen molar-refractivity contribution < 1.29 is 32.2 Å². The Morgan fingerprint density at radius 1 is 1.23 bits per heavy atom. The molecule has 2 aliphatic rings. The molecule has 10 heteroatoms. The molecule has 1 aromatic heterocycles. The van der Waals surface area contributed by atoms with Gasteiger partial charge in [-0.3, -0.25) is 9.78 Å². The van der Waals surface area contributed by atoms with Gasteiger partial charge in [0.05, 0.1) is 17.6 Å². The Balaban J connectivity index is 1.66. The van der Waals surface area contributed by atoms with Gasteiger partial charge < -0.3 is 19.3 Å². The number of halogens is 3. The number of alkyl halides is 3. The molecule has 172 valence electrons. The number of carbonyl (C=O) groups excluding carboxylic acids is 2. The Kier molecular flexibility index (Phi) is 6.23.